The van der Waals surface area contributed by atoms with Crippen LogP contribution in [0.25, 0.3) is 0 Å². The zero-order valence-corrected chi connectivity index (χ0v) is 11.8. The summed E-state index contributed by atoms with van der Waals surface area (Å²) in [6, 6.07) is 6.09. The van der Waals surface area contributed by atoms with Crippen molar-refractivity contribution in [1.82, 2.24) is 10.2 Å². The Labute approximate surface area is 114 Å². The van der Waals surface area contributed by atoms with Gasteiger partial charge >= 0.3 is 5.97 Å². The molecule has 1 aromatic rings. The SMILES string of the molecule is CNCc1ccc(CN(C)CCC(=O)O)cc1OC. The summed E-state index contributed by atoms with van der Waals surface area (Å²) in [6.07, 6.45) is 0.158. The minimum atomic E-state index is -0.770. The molecule has 0 aliphatic rings. The van der Waals surface area contributed by atoms with Crippen molar-refractivity contribution in [2.24, 2.45) is 0 Å². The minimum Gasteiger partial charge on any atom is -0.496 e. The number of ether oxygens (including phenoxy) is 1. The van der Waals surface area contributed by atoms with Crippen LogP contribution < -0.4 is 10.1 Å². The number of benzene rings is 1. The van der Waals surface area contributed by atoms with Gasteiger partial charge in [0.15, 0.2) is 0 Å². The van der Waals surface area contributed by atoms with E-state index in [0.717, 1.165) is 23.4 Å². The van der Waals surface area contributed by atoms with Gasteiger partial charge in [-0.05, 0) is 25.7 Å². The van der Waals surface area contributed by atoms with E-state index in [4.69, 9.17) is 9.84 Å². The number of carboxylic acids is 1. The number of carbonyl (C=O) groups is 1. The number of nitrogens with zero attached hydrogens (tertiary/aromatic N) is 1. The largest absolute Gasteiger partial charge is 0.496 e. The van der Waals surface area contributed by atoms with Crippen LogP contribution in [0.15, 0.2) is 18.2 Å². The molecule has 0 radical (unpaired) electrons. The van der Waals surface area contributed by atoms with Crippen molar-refractivity contribution in [1.29, 1.82) is 0 Å². The molecule has 0 aromatic heterocycles. The molecule has 0 atom stereocenters. The summed E-state index contributed by atoms with van der Waals surface area (Å²) in [7, 11) is 5.47. The van der Waals surface area contributed by atoms with Crippen molar-refractivity contribution in [3.05, 3.63) is 29.3 Å². The first-order chi connectivity index (χ1) is 9.06. The number of nitrogens with one attached hydrogen (secondary N) is 1. The summed E-state index contributed by atoms with van der Waals surface area (Å²) < 4.78 is 5.37. The van der Waals surface area contributed by atoms with E-state index in [9.17, 15) is 4.79 Å². The van der Waals surface area contributed by atoms with Gasteiger partial charge < -0.3 is 20.1 Å². The Kier molecular flexibility index (Phi) is 6.32. The van der Waals surface area contributed by atoms with Gasteiger partial charge in [-0.2, -0.15) is 0 Å². The first kappa shape index (κ1) is 15.5. The quantitative estimate of drug-likeness (QED) is 0.743. The van der Waals surface area contributed by atoms with Gasteiger partial charge in [0, 0.05) is 25.2 Å². The molecule has 1 aromatic carbocycles. The molecule has 0 unspecified atom stereocenters. The van der Waals surface area contributed by atoms with Gasteiger partial charge in [0.05, 0.1) is 13.5 Å². The number of aliphatic carboxylic acids is 1. The van der Waals surface area contributed by atoms with E-state index in [-0.39, 0.29) is 6.42 Å². The first-order valence-electron chi connectivity index (χ1n) is 6.27. The van der Waals surface area contributed by atoms with Crippen molar-refractivity contribution in [2.75, 3.05) is 27.7 Å². The molecule has 0 heterocycles. The highest BCUT2D eigenvalue weighted by Gasteiger charge is 2.07. The highest BCUT2D eigenvalue weighted by atomic mass is 16.5. The maximum absolute atomic E-state index is 10.5. The Bertz CT molecular complexity index is 421. The summed E-state index contributed by atoms with van der Waals surface area (Å²) in [4.78, 5) is 12.5. The Morgan fingerprint density at radius 2 is 2.21 bits per heavy atom. The molecule has 106 valence electrons. The molecule has 0 saturated carbocycles. The third-order valence-corrected chi connectivity index (χ3v) is 2.88. The van der Waals surface area contributed by atoms with Crippen molar-refractivity contribution in [3.63, 3.8) is 0 Å². The fourth-order valence-corrected chi connectivity index (χ4v) is 1.90. The molecule has 1 rings (SSSR count). The topological polar surface area (TPSA) is 61.8 Å². The van der Waals surface area contributed by atoms with Crippen LogP contribution in [0.5, 0.6) is 5.75 Å². The van der Waals surface area contributed by atoms with Crippen LogP contribution in [0.1, 0.15) is 17.5 Å². The third kappa shape index (κ3) is 5.28. The molecule has 0 aliphatic carbocycles. The molecular weight excluding hydrogens is 244 g/mol. The van der Waals surface area contributed by atoms with Crippen LogP contribution in [-0.4, -0.2) is 43.7 Å². The van der Waals surface area contributed by atoms with E-state index in [2.05, 4.69) is 5.32 Å². The van der Waals surface area contributed by atoms with Crippen molar-refractivity contribution >= 4 is 5.97 Å². The molecule has 5 nitrogen and oxygen atoms in total. The highest BCUT2D eigenvalue weighted by Crippen LogP contribution is 2.20. The molecular formula is C14H22N2O3. The van der Waals surface area contributed by atoms with Crippen LogP contribution >= 0.6 is 0 Å². The summed E-state index contributed by atoms with van der Waals surface area (Å²) in [5.41, 5.74) is 2.23. The molecule has 5 heteroatoms. The van der Waals surface area contributed by atoms with E-state index in [1.165, 1.54) is 0 Å². The van der Waals surface area contributed by atoms with Crippen LogP contribution in [0.2, 0.25) is 0 Å². The summed E-state index contributed by atoms with van der Waals surface area (Å²) in [5, 5.41) is 11.7. The number of hydrogen-bond donors (Lipinski definition) is 2. The van der Waals surface area contributed by atoms with Crippen LogP contribution in [-0.2, 0) is 17.9 Å². The Morgan fingerprint density at radius 3 is 2.79 bits per heavy atom. The Morgan fingerprint density at radius 1 is 1.47 bits per heavy atom. The fourth-order valence-electron chi connectivity index (χ4n) is 1.90. The molecule has 2 N–H and O–H groups in total. The van der Waals surface area contributed by atoms with Gasteiger partial charge in [0.2, 0.25) is 0 Å². The average molecular weight is 266 g/mol. The van der Waals surface area contributed by atoms with E-state index >= 15 is 0 Å². The van der Waals surface area contributed by atoms with Crippen LogP contribution in [0.4, 0.5) is 0 Å². The minimum absolute atomic E-state index is 0.158. The Balaban J connectivity index is 2.65. The second-order valence-corrected chi connectivity index (χ2v) is 4.56. The lowest BCUT2D eigenvalue weighted by Crippen LogP contribution is -2.21. The lowest BCUT2D eigenvalue weighted by Gasteiger charge is -2.17. The van der Waals surface area contributed by atoms with E-state index in [1.807, 2.05) is 37.2 Å². The van der Waals surface area contributed by atoms with Gasteiger partial charge in [-0.25, -0.2) is 0 Å². The smallest absolute Gasteiger partial charge is 0.304 e. The summed E-state index contributed by atoms with van der Waals surface area (Å²) in [6.45, 7) is 2.01. The van der Waals surface area contributed by atoms with Gasteiger partial charge in [-0.1, -0.05) is 12.1 Å². The second-order valence-electron chi connectivity index (χ2n) is 4.56. The lowest BCUT2D eigenvalue weighted by molar-refractivity contribution is -0.137. The predicted molar refractivity (Wildman–Crippen MR) is 74.3 cm³/mol. The first-order valence-corrected chi connectivity index (χ1v) is 6.27. The second kappa shape index (κ2) is 7.76. The number of rotatable bonds is 8. The molecule has 0 aliphatic heterocycles. The standard InChI is InChI=1S/C14H22N2O3/c1-15-9-12-5-4-11(8-13(12)19-3)10-16(2)7-6-14(17)18/h4-5,8,15H,6-7,9-10H2,1-3H3,(H,17,18). The van der Waals surface area contributed by atoms with Crippen molar-refractivity contribution in [3.8, 4) is 5.75 Å². The zero-order valence-electron chi connectivity index (χ0n) is 11.8. The van der Waals surface area contributed by atoms with Crippen LogP contribution in [0.3, 0.4) is 0 Å². The molecule has 0 bridgehead atoms. The van der Waals surface area contributed by atoms with E-state index in [0.29, 0.717) is 13.1 Å². The number of hydrogen-bond acceptors (Lipinski definition) is 4. The molecule has 0 saturated heterocycles. The van der Waals surface area contributed by atoms with Gasteiger partial charge in [0.25, 0.3) is 0 Å². The molecule has 0 fully saturated rings. The molecule has 0 amide bonds. The lowest BCUT2D eigenvalue weighted by atomic mass is 10.1. The predicted octanol–water partition coefficient (Wildman–Crippen LogP) is 1.32. The normalized spacial score (nSPS) is 10.7. The third-order valence-electron chi connectivity index (χ3n) is 2.88. The zero-order chi connectivity index (χ0) is 14.3. The fraction of sp³-hybridized carbons (Fsp3) is 0.500. The summed E-state index contributed by atoms with van der Waals surface area (Å²) >= 11 is 0. The van der Waals surface area contributed by atoms with Crippen molar-refractivity contribution < 1.29 is 14.6 Å². The average Bonchev–Trinajstić information content (AvgIpc) is 2.38. The summed E-state index contributed by atoms with van der Waals surface area (Å²) in [5.74, 6) is 0.0901. The van der Waals surface area contributed by atoms with Crippen LogP contribution in [0, 0.1) is 0 Å². The monoisotopic (exact) mass is 266 g/mol. The highest BCUT2D eigenvalue weighted by molar-refractivity contribution is 5.66. The van der Waals surface area contributed by atoms with Gasteiger partial charge in [-0.15, -0.1) is 0 Å². The van der Waals surface area contributed by atoms with Crippen molar-refractivity contribution in [2.45, 2.75) is 19.5 Å². The maximum Gasteiger partial charge on any atom is 0.304 e. The van der Waals surface area contributed by atoms with E-state index in [1.54, 1.807) is 7.11 Å². The van der Waals surface area contributed by atoms with Gasteiger partial charge in [-0.3, -0.25) is 4.79 Å². The number of carboxylic acid groups (broad SMARTS) is 1. The van der Waals surface area contributed by atoms with Gasteiger partial charge in [0.1, 0.15) is 5.75 Å². The molecule has 19 heavy (non-hydrogen) atoms. The number of methoxy groups -OCH3 is 1. The Hall–Kier alpha value is -1.59. The maximum atomic E-state index is 10.5. The molecule has 0 spiro atoms. The van der Waals surface area contributed by atoms with E-state index < -0.39 is 5.97 Å².